The van der Waals surface area contributed by atoms with Crippen LogP contribution in [0.25, 0.3) is 0 Å². The van der Waals surface area contributed by atoms with Crippen molar-refractivity contribution in [2.45, 2.75) is 39.2 Å². The van der Waals surface area contributed by atoms with Crippen molar-refractivity contribution in [1.29, 1.82) is 0 Å². The van der Waals surface area contributed by atoms with Crippen molar-refractivity contribution < 1.29 is 14.0 Å². The van der Waals surface area contributed by atoms with Crippen molar-refractivity contribution in [2.24, 2.45) is 0 Å². The van der Waals surface area contributed by atoms with Crippen LogP contribution in [0.1, 0.15) is 47.7 Å². The highest BCUT2D eigenvalue weighted by atomic mass is 19.1. The first-order chi connectivity index (χ1) is 14.1. The molecular weight excluding hydrogens is 367 g/mol. The molecule has 4 nitrogen and oxygen atoms in total. The SMILES string of the molecule is CCc1ccc(C(=O)CCC(=O)N2CCCN(Cc3ccccc3F)CC2)cc1. The smallest absolute Gasteiger partial charge is 0.223 e. The molecule has 0 aromatic heterocycles. The molecule has 1 heterocycles. The number of nitrogens with zero attached hydrogens (tertiary/aromatic N) is 2. The van der Waals surface area contributed by atoms with Crippen LogP contribution >= 0.6 is 0 Å². The second kappa shape index (κ2) is 10.3. The van der Waals surface area contributed by atoms with Gasteiger partial charge in [0.25, 0.3) is 0 Å². The maximum atomic E-state index is 13.9. The molecule has 2 aromatic carbocycles. The number of amides is 1. The van der Waals surface area contributed by atoms with Gasteiger partial charge in [-0.15, -0.1) is 0 Å². The molecule has 1 aliphatic rings. The van der Waals surface area contributed by atoms with Crippen LogP contribution < -0.4 is 0 Å². The van der Waals surface area contributed by atoms with Crippen LogP contribution in [-0.2, 0) is 17.8 Å². The van der Waals surface area contributed by atoms with Gasteiger partial charge < -0.3 is 4.90 Å². The predicted molar refractivity (Wildman–Crippen MR) is 112 cm³/mol. The van der Waals surface area contributed by atoms with Crippen LogP contribution in [0.15, 0.2) is 48.5 Å². The van der Waals surface area contributed by atoms with Crippen molar-refractivity contribution in [3.05, 3.63) is 71.0 Å². The van der Waals surface area contributed by atoms with Crippen LogP contribution in [-0.4, -0.2) is 47.7 Å². The van der Waals surface area contributed by atoms with Crippen LogP contribution in [0.3, 0.4) is 0 Å². The Morgan fingerprint density at radius 2 is 1.69 bits per heavy atom. The number of ketones is 1. The van der Waals surface area contributed by atoms with E-state index in [-0.39, 0.29) is 30.3 Å². The normalized spacial score (nSPS) is 15.2. The van der Waals surface area contributed by atoms with E-state index in [0.717, 1.165) is 19.4 Å². The molecule has 0 unspecified atom stereocenters. The van der Waals surface area contributed by atoms with Crippen LogP contribution in [0.2, 0.25) is 0 Å². The highest BCUT2D eigenvalue weighted by Gasteiger charge is 2.20. The third-order valence-electron chi connectivity index (χ3n) is 5.54. The van der Waals surface area contributed by atoms with E-state index in [2.05, 4.69) is 11.8 Å². The summed E-state index contributed by atoms with van der Waals surface area (Å²) in [6.07, 6.45) is 2.27. The van der Waals surface area contributed by atoms with E-state index in [1.807, 2.05) is 41.3 Å². The summed E-state index contributed by atoms with van der Waals surface area (Å²) in [7, 11) is 0. The van der Waals surface area contributed by atoms with Gasteiger partial charge in [-0.05, 0) is 24.5 Å². The van der Waals surface area contributed by atoms with Crippen molar-refractivity contribution in [3.8, 4) is 0 Å². The molecule has 29 heavy (non-hydrogen) atoms. The van der Waals surface area contributed by atoms with Gasteiger partial charge in [0.15, 0.2) is 5.78 Å². The standard InChI is InChI=1S/C24H29FN2O2/c1-2-19-8-10-20(11-9-19)23(28)12-13-24(29)27-15-5-14-26(16-17-27)18-21-6-3-4-7-22(21)25/h3-4,6-11H,2,5,12-18H2,1H3. The largest absolute Gasteiger partial charge is 0.341 e. The lowest BCUT2D eigenvalue weighted by molar-refractivity contribution is -0.131. The quantitative estimate of drug-likeness (QED) is 0.662. The molecule has 3 rings (SSSR count). The second-order valence-corrected chi connectivity index (χ2v) is 7.58. The van der Waals surface area contributed by atoms with Crippen molar-refractivity contribution in [3.63, 3.8) is 0 Å². The maximum absolute atomic E-state index is 13.9. The summed E-state index contributed by atoms with van der Waals surface area (Å²) in [6.45, 7) is 5.49. The number of benzene rings is 2. The molecule has 154 valence electrons. The molecule has 2 aromatic rings. The lowest BCUT2D eigenvalue weighted by Gasteiger charge is -2.22. The summed E-state index contributed by atoms with van der Waals surface area (Å²) in [6, 6.07) is 14.5. The second-order valence-electron chi connectivity index (χ2n) is 7.58. The first-order valence-electron chi connectivity index (χ1n) is 10.4. The first kappa shape index (κ1) is 21.2. The van der Waals surface area contributed by atoms with Crippen LogP contribution in [0.4, 0.5) is 4.39 Å². The fourth-order valence-electron chi connectivity index (χ4n) is 3.70. The van der Waals surface area contributed by atoms with Crippen LogP contribution in [0, 0.1) is 5.82 Å². The fraction of sp³-hybridized carbons (Fsp3) is 0.417. The van der Waals surface area contributed by atoms with E-state index in [4.69, 9.17) is 0 Å². The summed E-state index contributed by atoms with van der Waals surface area (Å²) in [5, 5.41) is 0. The highest BCUT2D eigenvalue weighted by molar-refractivity contribution is 5.98. The van der Waals surface area contributed by atoms with Gasteiger partial charge in [0.05, 0.1) is 0 Å². The Balaban J connectivity index is 1.47. The Labute approximate surface area is 172 Å². The molecule has 1 amide bonds. The maximum Gasteiger partial charge on any atom is 0.223 e. The average Bonchev–Trinajstić information content (AvgIpc) is 2.99. The van der Waals surface area contributed by atoms with Crippen LogP contribution in [0.5, 0.6) is 0 Å². The van der Waals surface area contributed by atoms with Crippen molar-refractivity contribution in [2.75, 3.05) is 26.2 Å². The molecular formula is C24H29FN2O2. The zero-order valence-electron chi connectivity index (χ0n) is 17.1. The lowest BCUT2D eigenvalue weighted by Crippen LogP contribution is -2.35. The minimum atomic E-state index is -0.185. The number of halogens is 1. The molecule has 1 aliphatic heterocycles. The van der Waals surface area contributed by atoms with Gasteiger partial charge in [-0.2, -0.15) is 0 Å². The zero-order valence-corrected chi connectivity index (χ0v) is 17.1. The van der Waals surface area contributed by atoms with Gasteiger partial charge in [0.2, 0.25) is 5.91 Å². The molecule has 0 atom stereocenters. The van der Waals surface area contributed by atoms with Gasteiger partial charge in [0, 0.05) is 56.7 Å². The Morgan fingerprint density at radius 1 is 0.931 bits per heavy atom. The van der Waals surface area contributed by atoms with E-state index < -0.39 is 0 Å². The summed E-state index contributed by atoms with van der Waals surface area (Å²) < 4.78 is 13.9. The zero-order chi connectivity index (χ0) is 20.6. The number of hydrogen-bond donors (Lipinski definition) is 0. The Hall–Kier alpha value is -2.53. The predicted octanol–water partition coefficient (Wildman–Crippen LogP) is 4.09. The number of carbonyl (C=O) groups excluding carboxylic acids is 2. The number of aryl methyl sites for hydroxylation is 1. The van der Waals surface area contributed by atoms with Gasteiger partial charge in [0.1, 0.15) is 5.82 Å². The summed E-state index contributed by atoms with van der Waals surface area (Å²) in [4.78, 5) is 29.0. The van der Waals surface area contributed by atoms with E-state index in [1.54, 1.807) is 6.07 Å². The average molecular weight is 397 g/mol. The lowest BCUT2D eigenvalue weighted by atomic mass is 10.0. The number of hydrogen-bond acceptors (Lipinski definition) is 3. The number of carbonyl (C=O) groups is 2. The topological polar surface area (TPSA) is 40.6 Å². The first-order valence-corrected chi connectivity index (χ1v) is 10.4. The molecule has 0 bridgehead atoms. The Morgan fingerprint density at radius 3 is 2.41 bits per heavy atom. The molecule has 0 N–H and O–H groups in total. The summed E-state index contributed by atoms with van der Waals surface area (Å²) in [5.74, 6) is -0.150. The highest BCUT2D eigenvalue weighted by Crippen LogP contribution is 2.14. The summed E-state index contributed by atoms with van der Waals surface area (Å²) >= 11 is 0. The van der Waals surface area contributed by atoms with Gasteiger partial charge in [-0.3, -0.25) is 14.5 Å². The van der Waals surface area contributed by atoms with Gasteiger partial charge in [-0.1, -0.05) is 49.4 Å². The minimum absolute atomic E-state index is 0.0111. The fourth-order valence-corrected chi connectivity index (χ4v) is 3.70. The van der Waals surface area contributed by atoms with E-state index >= 15 is 0 Å². The monoisotopic (exact) mass is 396 g/mol. The van der Waals surface area contributed by atoms with Gasteiger partial charge in [-0.25, -0.2) is 4.39 Å². The molecule has 0 spiro atoms. The number of Topliss-reactive ketones (excluding diaryl/α,β-unsaturated/α-hetero) is 1. The molecule has 0 saturated carbocycles. The van der Waals surface area contributed by atoms with E-state index in [0.29, 0.717) is 37.3 Å². The third kappa shape index (κ3) is 5.97. The van der Waals surface area contributed by atoms with Crippen molar-refractivity contribution in [1.82, 2.24) is 9.80 Å². The molecule has 0 radical (unpaired) electrons. The van der Waals surface area contributed by atoms with Gasteiger partial charge >= 0.3 is 0 Å². The van der Waals surface area contributed by atoms with Crippen molar-refractivity contribution >= 4 is 11.7 Å². The molecule has 0 aliphatic carbocycles. The Kier molecular flexibility index (Phi) is 7.53. The Bertz CT molecular complexity index is 835. The molecule has 1 saturated heterocycles. The molecule has 5 heteroatoms. The molecule has 1 fully saturated rings. The van der Waals surface area contributed by atoms with E-state index in [1.165, 1.54) is 11.6 Å². The number of rotatable bonds is 7. The summed E-state index contributed by atoms with van der Waals surface area (Å²) in [5.41, 5.74) is 2.55. The third-order valence-corrected chi connectivity index (χ3v) is 5.54. The van der Waals surface area contributed by atoms with E-state index in [9.17, 15) is 14.0 Å². The minimum Gasteiger partial charge on any atom is -0.341 e.